The highest BCUT2D eigenvalue weighted by atomic mass is 32.2. The molecule has 0 amide bonds. The molecule has 0 aliphatic carbocycles. The average molecular weight is 215 g/mol. The Morgan fingerprint density at radius 2 is 1.93 bits per heavy atom. The standard InChI is InChI=1S/C9H10FNO2S/c10-8-3-1-2-4-9(8)11-7-5-14(12,13)6-7/h1-4,7,11H,5-6H2. The van der Waals surface area contributed by atoms with E-state index < -0.39 is 9.84 Å². The predicted molar refractivity (Wildman–Crippen MR) is 52.5 cm³/mol. The fraction of sp³-hybridized carbons (Fsp3) is 0.333. The largest absolute Gasteiger partial charge is 0.378 e. The minimum atomic E-state index is -2.85. The summed E-state index contributed by atoms with van der Waals surface area (Å²) in [6, 6.07) is 6.10. The molecule has 2 rings (SSSR count). The minimum Gasteiger partial charge on any atom is -0.378 e. The second kappa shape index (κ2) is 3.24. The first-order valence-corrected chi connectivity index (χ1v) is 6.10. The average Bonchev–Trinajstić information content (AvgIpc) is 2.05. The van der Waals surface area contributed by atoms with Crippen LogP contribution in [0.2, 0.25) is 0 Å². The van der Waals surface area contributed by atoms with Crippen molar-refractivity contribution in [2.45, 2.75) is 6.04 Å². The third kappa shape index (κ3) is 1.87. The van der Waals surface area contributed by atoms with Crippen molar-refractivity contribution >= 4 is 15.5 Å². The number of para-hydroxylation sites is 1. The van der Waals surface area contributed by atoms with E-state index in [1.54, 1.807) is 18.2 Å². The van der Waals surface area contributed by atoms with E-state index in [4.69, 9.17) is 0 Å². The first kappa shape index (κ1) is 9.45. The van der Waals surface area contributed by atoms with Gasteiger partial charge in [-0.05, 0) is 12.1 Å². The third-order valence-electron chi connectivity index (χ3n) is 2.14. The molecule has 1 N–H and O–H groups in total. The van der Waals surface area contributed by atoms with Crippen molar-refractivity contribution in [3.05, 3.63) is 30.1 Å². The van der Waals surface area contributed by atoms with Crippen molar-refractivity contribution in [2.24, 2.45) is 0 Å². The van der Waals surface area contributed by atoms with Crippen molar-refractivity contribution in [1.82, 2.24) is 0 Å². The van der Waals surface area contributed by atoms with Gasteiger partial charge in [-0.15, -0.1) is 0 Å². The van der Waals surface area contributed by atoms with E-state index >= 15 is 0 Å². The van der Waals surface area contributed by atoms with Crippen LogP contribution in [0.25, 0.3) is 0 Å². The molecular formula is C9H10FNO2S. The lowest BCUT2D eigenvalue weighted by atomic mass is 10.2. The normalized spacial score (nSPS) is 20.1. The van der Waals surface area contributed by atoms with Gasteiger partial charge >= 0.3 is 0 Å². The fourth-order valence-electron chi connectivity index (χ4n) is 1.45. The molecule has 0 radical (unpaired) electrons. The molecule has 0 spiro atoms. The molecule has 76 valence electrons. The molecule has 1 aromatic rings. The van der Waals surface area contributed by atoms with E-state index in [1.807, 2.05) is 0 Å². The number of benzene rings is 1. The first-order chi connectivity index (χ1) is 6.57. The summed E-state index contributed by atoms with van der Waals surface area (Å²) in [5, 5.41) is 2.85. The van der Waals surface area contributed by atoms with Gasteiger partial charge in [0.25, 0.3) is 0 Å². The van der Waals surface area contributed by atoms with Crippen LogP contribution in [-0.2, 0) is 9.84 Å². The highest BCUT2D eigenvalue weighted by Gasteiger charge is 2.33. The number of nitrogens with one attached hydrogen (secondary N) is 1. The number of hydrogen-bond acceptors (Lipinski definition) is 3. The predicted octanol–water partition coefficient (Wildman–Crippen LogP) is 1.03. The molecule has 0 bridgehead atoms. The van der Waals surface area contributed by atoms with E-state index in [2.05, 4.69) is 5.32 Å². The molecule has 0 saturated carbocycles. The molecule has 0 unspecified atom stereocenters. The molecule has 0 aromatic heterocycles. The molecule has 1 fully saturated rings. The Morgan fingerprint density at radius 3 is 2.50 bits per heavy atom. The summed E-state index contributed by atoms with van der Waals surface area (Å²) in [6.07, 6.45) is 0. The Balaban J connectivity index is 2.03. The van der Waals surface area contributed by atoms with Crippen LogP contribution in [0.5, 0.6) is 0 Å². The highest BCUT2D eigenvalue weighted by molar-refractivity contribution is 7.92. The molecule has 1 aromatic carbocycles. The number of halogens is 1. The molecule has 0 atom stereocenters. The van der Waals surface area contributed by atoms with Crippen LogP contribution in [-0.4, -0.2) is 26.0 Å². The summed E-state index contributed by atoms with van der Waals surface area (Å²) in [5.74, 6) is -0.153. The Hall–Kier alpha value is -1.10. The van der Waals surface area contributed by atoms with E-state index in [0.717, 1.165) is 0 Å². The maximum absolute atomic E-state index is 13.1. The lowest BCUT2D eigenvalue weighted by molar-refractivity contribution is 0.568. The van der Waals surface area contributed by atoms with Crippen LogP contribution in [0.1, 0.15) is 0 Å². The summed E-state index contributed by atoms with van der Waals surface area (Å²) in [5.41, 5.74) is 0.368. The van der Waals surface area contributed by atoms with Crippen molar-refractivity contribution in [3.63, 3.8) is 0 Å². The van der Waals surface area contributed by atoms with Crippen LogP contribution in [0.15, 0.2) is 24.3 Å². The van der Waals surface area contributed by atoms with Gasteiger partial charge in [0.05, 0.1) is 23.2 Å². The van der Waals surface area contributed by atoms with Gasteiger partial charge in [0.1, 0.15) is 5.82 Å². The maximum Gasteiger partial charge on any atom is 0.154 e. The summed E-state index contributed by atoms with van der Waals surface area (Å²) in [4.78, 5) is 0. The molecule has 1 saturated heterocycles. The molecule has 1 aliphatic heterocycles. The third-order valence-corrected chi connectivity index (χ3v) is 3.96. The lowest BCUT2D eigenvalue weighted by Crippen LogP contribution is -2.46. The second-order valence-corrected chi connectivity index (χ2v) is 5.55. The first-order valence-electron chi connectivity index (χ1n) is 4.28. The topological polar surface area (TPSA) is 46.2 Å². The van der Waals surface area contributed by atoms with Gasteiger partial charge in [-0.25, -0.2) is 12.8 Å². The Morgan fingerprint density at radius 1 is 1.29 bits per heavy atom. The van der Waals surface area contributed by atoms with E-state index in [9.17, 15) is 12.8 Å². The number of anilines is 1. The molecule has 3 nitrogen and oxygen atoms in total. The SMILES string of the molecule is O=S1(=O)CC(Nc2ccccc2F)C1. The van der Waals surface area contributed by atoms with Crippen LogP contribution in [0.4, 0.5) is 10.1 Å². The van der Waals surface area contributed by atoms with Gasteiger partial charge in [-0.1, -0.05) is 12.1 Å². The second-order valence-electron chi connectivity index (χ2n) is 3.40. The lowest BCUT2D eigenvalue weighted by Gasteiger charge is -2.27. The molecule has 1 aliphatic rings. The number of rotatable bonds is 2. The quantitative estimate of drug-likeness (QED) is 0.801. The molecule has 14 heavy (non-hydrogen) atoms. The van der Waals surface area contributed by atoms with Crippen molar-refractivity contribution in [2.75, 3.05) is 16.8 Å². The van der Waals surface area contributed by atoms with Crippen LogP contribution in [0.3, 0.4) is 0 Å². The summed E-state index contributed by atoms with van der Waals surface area (Å²) >= 11 is 0. The van der Waals surface area contributed by atoms with E-state index in [-0.39, 0.29) is 23.4 Å². The monoisotopic (exact) mass is 215 g/mol. The minimum absolute atomic E-state index is 0.0985. The van der Waals surface area contributed by atoms with Crippen LogP contribution < -0.4 is 5.32 Å². The van der Waals surface area contributed by atoms with E-state index in [0.29, 0.717) is 5.69 Å². The summed E-state index contributed by atoms with van der Waals surface area (Å²) in [7, 11) is -2.85. The summed E-state index contributed by atoms with van der Waals surface area (Å²) < 4.78 is 34.8. The number of sulfone groups is 1. The van der Waals surface area contributed by atoms with Gasteiger partial charge in [0, 0.05) is 0 Å². The van der Waals surface area contributed by atoms with Crippen molar-refractivity contribution in [1.29, 1.82) is 0 Å². The molecule has 5 heteroatoms. The van der Waals surface area contributed by atoms with E-state index in [1.165, 1.54) is 6.07 Å². The van der Waals surface area contributed by atoms with Crippen LogP contribution >= 0.6 is 0 Å². The van der Waals surface area contributed by atoms with Gasteiger partial charge in [0.15, 0.2) is 9.84 Å². The Labute approximate surface area is 81.9 Å². The fourth-order valence-corrected chi connectivity index (χ4v) is 2.74. The zero-order valence-electron chi connectivity index (χ0n) is 7.40. The van der Waals surface area contributed by atoms with Crippen molar-refractivity contribution in [3.8, 4) is 0 Å². The Bertz CT molecular complexity index is 432. The van der Waals surface area contributed by atoms with Crippen molar-refractivity contribution < 1.29 is 12.8 Å². The van der Waals surface area contributed by atoms with Gasteiger partial charge in [0.2, 0.25) is 0 Å². The zero-order valence-corrected chi connectivity index (χ0v) is 8.22. The van der Waals surface area contributed by atoms with Gasteiger partial charge < -0.3 is 5.32 Å². The van der Waals surface area contributed by atoms with Crippen LogP contribution in [0, 0.1) is 5.82 Å². The Kier molecular flexibility index (Phi) is 2.19. The zero-order chi connectivity index (χ0) is 10.2. The summed E-state index contributed by atoms with van der Waals surface area (Å²) in [6.45, 7) is 0. The van der Waals surface area contributed by atoms with Gasteiger partial charge in [-0.3, -0.25) is 0 Å². The smallest absolute Gasteiger partial charge is 0.154 e. The highest BCUT2D eigenvalue weighted by Crippen LogP contribution is 2.19. The molecule has 1 heterocycles. The molecular weight excluding hydrogens is 205 g/mol. The van der Waals surface area contributed by atoms with Gasteiger partial charge in [-0.2, -0.15) is 0 Å². The number of hydrogen-bond donors (Lipinski definition) is 1. The maximum atomic E-state index is 13.1.